The Morgan fingerprint density at radius 1 is 1.22 bits per heavy atom. The molecule has 3 aromatic heterocycles. The van der Waals surface area contributed by atoms with Gasteiger partial charge in [-0.05, 0) is 17.5 Å². The van der Waals surface area contributed by atoms with Gasteiger partial charge in [-0.2, -0.15) is 34.0 Å². The molecule has 18 heavy (non-hydrogen) atoms. The van der Waals surface area contributed by atoms with Gasteiger partial charge in [0.05, 0.1) is 5.69 Å². The lowest BCUT2D eigenvalue weighted by molar-refractivity contribution is -0.144. The minimum absolute atomic E-state index is 0.0639. The first-order valence-corrected chi connectivity index (χ1v) is 5.81. The van der Waals surface area contributed by atoms with E-state index in [1.165, 1.54) is 17.5 Å². The molecule has 0 N–H and O–H groups in total. The van der Waals surface area contributed by atoms with E-state index >= 15 is 0 Å². The molecule has 3 rings (SSSR count). The highest BCUT2D eigenvalue weighted by Gasteiger charge is 2.36. The Balaban J connectivity index is 2.25. The van der Waals surface area contributed by atoms with E-state index in [0.29, 0.717) is 5.69 Å². The van der Waals surface area contributed by atoms with E-state index < -0.39 is 12.0 Å². The van der Waals surface area contributed by atoms with Crippen molar-refractivity contribution in [1.29, 1.82) is 0 Å². The first-order chi connectivity index (χ1) is 8.55. The van der Waals surface area contributed by atoms with Crippen LogP contribution in [0.4, 0.5) is 13.2 Å². The van der Waals surface area contributed by atoms with Crippen molar-refractivity contribution >= 4 is 17.1 Å². The van der Waals surface area contributed by atoms with Crippen LogP contribution in [0, 0.1) is 0 Å². The van der Waals surface area contributed by atoms with Crippen LogP contribution in [0.5, 0.6) is 0 Å². The van der Waals surface area contributed by atoms with Crippen molar-refractivity contribution in [3.05, 3.63) is 34.9 Å². The molecule has 0 radical (unpaired) electrons. The molecule has 3 heterocycles. The van der Waals surface area contributed by atoms with Gasteiger partial charge in [-0.3, -0.25) is 0 Å². The largest absolute Gasteiger partial charge is 0.453 e. The quantitative estimate of drug-likeness (QED) is 0.683. The summed E-state index contributed by atoms with van der Waals surface area (Å²) in [5.74, 6) is -1.25. The van der Waals surface area contributed by atoms with E-state index in [0.717, 1.165) is 10.1 Å². The maximum atomic E-state index is 12.5. The Morgan fingerprint density at radius 2 is 2.06 bits per heavy atom. The molecule has 0 spiro atoms. The van der Waals surface area contributed by atoms with E-state index in [9.17, 15) is 13.2 Å². The Labute approximate surface area is 103 Å². The number of nitrogens with zero attached hydrogens (tertiary/aromatic N) is 4. The van der Waals surface area contributed by atoms with Gasteiger partial charge >= 0.3 is 6.18 Å². The molecule has 0 aliphatic rings. The van der Waals surface area contributed by atoms with Crippen LogP contribution >= 0.6 is 11.3 Å². The Hall–Kier alpha value is -1.96. The number of halogens is 3. The van der Waals surface area contributed by atoms with Crippen molar-refractivity contribution in [3.8, 4) is 11.3 Å². The van der Waals surface area contributed by atoms with Gasteiger partial charge in [-0.25, -0.2) is 4.98 Å². The molecule has 3 aromatic rings. The highest BCUT2D eigenvalue weighted by molar-refractivity contribution is 7.08. The van der Waals surface area contributed by atoms with Gasteiger partial charge in [0.25, 0.3) is 11.6 Å². The molecule has 0 aliphatic carbocycles. The standard InChI is InChI=1S/C10H5F3N4S/c11-10(12,13)8-15-9-14-3-1-7(17(9)16-8)6-2-4-18-5-6/h1-5H. The second-order valence-corrected chi connectivity index (χ2v) is 4.27. The fourth-order valence-electron chi connectivity index (χ4n) is 1.54. The molecule has 0 saturated heterocycles. The van der Waals surface area contributed by atoms with Crippen LogP contribution in [0.1, 0.15) is 5.82 Å². The lowest BCUT2D eigenvalue weighted by atomic mass is 10.2. The van der Waals surface area contributed by atoms with Gasteiger partial charge in [-0.1, -0.05) is 0 Å². The molecule has 92 valence electrons. The van der Waals surface area contributed by atoms with Crippen LogP contribution in [0.15, 0.2) is 29.1 Å². The molecule has 0 aromatic carbocycles. The third kappa shape index (κ3) is 1.74. The minimum Gasteiger partial charge on any atom is -0.220 e. The van der Waals surface area contributed by atoms with Crippen molar-refractivity contribution in [2.45, 2.75) is 6.18 Å². The summed E-state index contributed by atoms with van der Waals surface area (Å²) in [7, 11) is 0. The fraction of sp³-hybridized carbons (Fsp3) is 0.100. The number of hydrogen-bond donors (Lipinski definition) is 0. The van der Waals surface area contributed by atoms with Crippen LogP contribution in [0.3, 0.4) is 0 Å². The lowest BCUT2D eigenvalue weighted by Gasteiger charge is -2.00. The molecular formula is C10H5F3N4S. The van der Waals surface area contributed by atoms with Crippen molar-refractivity contribution in [1.82, 2.24) is 19.6 Å². The summed E-state index contributed by atoms with van der Waals surface area (Å²) >= 11 is 1.45. The zero-order valence-corrected chi connectivity index (χ0v) is 9.53. The van der Waals surface area contributed by atoms with Gasteiger partial charge in [-0.15, -0.1) is 5.10 Å². The number of hydrogen-bond acceptors (Lipinski definition) is 4. The molecule has 4 nitrogen and oxygen atoms in total. The SMILES string of the molecule is FC(F)(F)c1nc2nccc(-c3ccsc3)n2n1. The normalized spacial score (nSPS) is 12.2. The summed E-state index contributed by atoms with van der Waals surface area (Å²) < 4.78 is 38.7. The minimum atomic E-state index is -4.57. The second kappa shape index (κ2) is 3.77. The number of rotatable bonds is 1. The van der Waals surface area contributed by atoms with E-state index in [1.807, 2.05) is 10.8 Å². The van der Waals surface area contributed by atoms with Gasteiger partial charge in [0.1, 0.15) is 0 Å². The van der Waals surface area contributed by atoms with Crippen molar-refractivity contribution in [3.63, 3.8) is 0 Å². The first kappa shape index (κ1) is 11.1. The Bertz CT molecular complexity index is 687. The third-order valence-corrected chi connectivity index (χ3v) is 2.99. The van der Waals surface area contributed by atoms with E-state index in [1.54, 1.807) is 12.1 Å². The van der Waals surface area contributed by atoms with Gasteiger partial charge in [0.15, 0.2) is 0 Å². The highest BCUT2D eigenvalue weighted by atomic mass is 32.1. The van der Waals surface area contributed by atoms with Crippen molar-refractivity contribution in [2.75, 3.05) is 0 Å². The summed E-state index contributed by atoms with van der Waals surface area (Å²) in [6.07, 6.45) is -3.16. The second-order valence-electron chi connectivity index (χ2n) is 3.49. The van der Waals surface area contributed by atoms with Crippen LogP contribution in [0.25, 0.3) is 17.0 Å². The zero-order chi connectivity index (χ0) is 12.8. The third-order valence-electron chi connectivity index (χ3n) is 2.31. The van der Waals surface area contributed by atoms with E-state index in [-0.39, 0.29) is 5.78 Å². The molecule has 0 bridgehead atoms. The fourth-order valence-corrected chi connectivity index (χ4v) is 2.19. The summed E-state index contributed by atoms with van der Waals surface area (Å²) in [5, 5.41) is 7.12. The first-order valence-electron chi connectivity index (χ1n) is 4.87. The molecule has 0 atom stereocenters. The number of thiophene rings is 1. The molecule has 8 heteroatoms. The molecule has 0 saturated carbocycles. The zero-order valence-electron chi connectivity index (χ0n) is 8.72. The van der Waals surface area contributed by atoms with Crippen molar-refractivity contribution in [2.24, 2.45) is 0 Å². The molecular weight excluding hydrogens is 265 g/mol. The number of alkyl halides is 3. The van der Waals surface area contributed by atoms with Crippen LogP contribution in [-0.4, -0.2) is 19.6 Å². The summed E-state index contributed by atoms with van der Waals surface area (Å²) in [4.78, 5) is 7.15. The van der Waals surface area contributed by atoms with Crippen molar-refractivity contribution < 1.29 is 13.2 Å². The van der Waals surface area contributed by atoms with Crippen LogP contribution in [-0.2, 0) is 6.18 Å². The summed E-state index contributed by atoms with van der Waals surface area (Å²) in [5.41, 5.74) is 1.32. The maximum Gasteiger partial charge on any atom is 0.453 e. The monoisotopic (exact) mass is 270 g/mol. The predicted molar refractivity (Wildman–Crippen MR) is 59.1 cm³/mol. The summed E-state index contributed by atoms with van der Waals surface area (Å²) in [6.45, 7) is 0. The van der Waals surface area contributed by atoms with E-state index in [4.69, 9.17) is 0 Å². The molecule has 0 unspecified atom stereocenters. The predicted octanol–water partition coefficient (Wildman–Crippen LogP) is 2.87. The number of fused-ring (bicyclic) bond motifs is 1. The average molecular weight is 270 g/mol. The van der Waals surface area contributed by atoms with Crippen LogP contribution in [0.2, 0.25) is 0 Å². The van der Waals surface area contributed by atoms with Gasteiger partial charge in [0.2, 0.25) is 0 Å². The topological polar surface area (TPSA) is 43.1 Å². The molecule has 0 amide bonds. The molecule has 0 fully saturated rings. The highest BCUT2D eigenvalue weighted by Crippen LogP contribution is 2.28. The van der Waals surface area contributed by atoms with Crippen LogP contribution < -0.4 is 0 Å². The Kier molecular flexibility index (Phi) is 2.34. The number of aromatic nitrogens is 4. The maximum absolute atomic E-state index is 12.5. The van der Waals surface area contributed by atoms with Gasteiger partial charge < -0.3 is 0 Å². The Morgan fingerprint density at radius 3 is 2.72 bits per heavy atom. The average Bonchev–Trinajstić information content (AvgIpc) is 2.96. The lowest BCUT2D eigenvalue weighted by Crippen LogP contribution is -2.07. The van der Waals surface area contributed by atoms with E-state index in [2.05, 4.69) is 15.1 Å². The smallest absolute Gasteiger partial charge is 0.220 e. The summed E-state index contributed by atoms with van der Waals surface area (Å²) in [6, 6.07) is 3.40. The molecule has 0 aliphatic heterocycles. The van der Waals surface area contributed by atoms with Gasteiger partial charge in [0, 0.05) is 17.1 Å².